The molecule has 0 radical (unpaired) electrons. The molecule has 8 rings (SSSR count). The van der Waals surface area contributed by atoms with Crippen LogP contribution in [0.3, 0.4) is 0 Å². The summed E-state index contributed by atoms with van der Waals surface area (Å²) in [5, 5.41) is 9.87. The summed E-state index contributed by atoms with van der Waals surface area (Å²) in [4.78, 5) is 0. The lowest BCUT2D eigenvalue weighted by molar-refractivity contribution is -0.662. The van der Waals surface area contributed by atoms with Gasteiger partial charge in [0.15, 0.2) is 25.5 Å². The Hall–Kier alpha value is -3.74. The Bertz CT molecular complexity index is 1660. The number of hydrogen-bond donors (Lipinski definition) is 2. The highest BCUT2D eigenvalue weighted by Crippen LogP contribution is 2.24. The molecule has 4 heterocycles. The number of pyridine rings is 2. The van der Waals surface area contributed by atoms with E-state index in [0.29, 0.717) is 0 Å². The van der Waals surface area contributed by atoms with Crippen molar-refractivity contribution in [2.24, 2.45) is 0 Å². The Kier molecular flexibility index (Phi) is 8.48. The van der Waals surface area contributed by atoms with Gasteiger partial charge in [-0.3, -0.25) is 0 Å². The lowest BCUT2D eigenvalue weighted by Crippen LogP contribution is -3.00. The van der Waals surface area contributed by atoms with E-state index in [2.05, 4.69) is 141 Å². The molecule has 4 nitrogen and oxygen atoms in total. The highest BCUT2D eigenvalue weighted by Gasteiger charge is 2.16. The summed E-state index contributed by atoms with van der Waals surface area (Å²) in [5.74, 6) is 0. The SMILES string of the molecule is [Br-].[Br-].c1cc2cc(c1)CNc1cc[n+](c3ccccc13)Cc1ccc(cc1)C[n+]1ccc(c3ccccc31)NC2. The van der Waals surface area contributed by atoms with E-state index in [1.54, 1.807) is 0 Å². The molecule has 8 bridgehead atoms. The van der Waals surface area contributed by atoms with Crippen molar-refractivity contribution in [3.8, 4) is 0 Å². The molecule has 6 aromatic rings. The predicted octanol–water partition coefficient (Wildman–Crippen LogP) is 0.210. The van der Waals surface area contributed by atoms with Gasteiger partial charge < -0.3 is 44.6 Å². The van der Waals surface area contributed by atoms with Crippen LogP contribution in [0, 0.1) is 0 Å². The lowest BCUT2D eigenvalue weighted by Gasteiger charge is -2.12. The fourth-order valence-electron chi connectivity index (χ4n) is 5.54. The van der Waals surface area contributed by atoms with Crippen molar-refractivity contribution in [3.63, 3.8) is 0 Å². The monoisotopic (exact) mass is 652 g/mol. The van der Waals surface area contributed by atoms with Crippen LogP contribution in [0.25, 0.3) is 21.8 Å². The van der Waals surface area contributed by atoms with Crippen molar-refractivity contribution in [2.45, 2.75) is 26.2 Å². The van der Waals surface area contributed by atoms with Crippen molar-refractivity contribution < 1.29 is 43.1 Å². The Morgan fingerprint density at radius 2 is 0.900 bits per heavy atom. The standard InChI is InChI=1S/C34H28N4.2BrH/c1-3-10-33-29(8-1)31-16-18-37(33)23-25-12-14-26(15-13-25)24-38-19-17-32(30-9-2-4-11-34(30)38)36-22-28-7-5-6-27(20-28)21-35-31;;/h1-20H,21-24H2;2*1H. The minimum Gasteiger partial charge on any atom is -1.00 e. The van der Waals surface area contributed by atoms with E-state index in [-0.39, 0.29) is 34.0 Å². The fourth-order valence-corrected chi connectivity index (χ4v) is 5.54. The first kappa shape index (κ1) is 27.8. The Morgan fingerprint density at radius 1 is 0.450 bits per heavy atom. The van der Waals surface area contributed by atoms with E-state index in [4.69, 9.17) is 0 Å². The number of para-hydroxylation sites is 2. The van der Waals surface area contributed by atoms with Crippen LogP contribution >= 0.6 is 0 Å². The van der Waals surface area contributed by atoms with Gasteiger partial charge in [0.1, 0.15) is 0 Å². The molecule has 0 unspecified atom stereocenters. The second-order valence-corrected chi connectivity index (χ2v) is 10.1. The van der Waals surface area contributed by atoms with E-state index in [1.165, 1.54) is 44.1 Å². The van der Waals surface area contributed by atoms with Gasteiger partial charge in [-0.05, 0) is 23.3 Å². The topological polar surface area (TPSA) is 31.8 Å². The molecule has 0 spiro atoms. The fraction of sp³-hybridized carbons (Fsp3) is 0.118. The predicted molar refractivity (Wildman–Crippen MR) is 154 cm³/mol. The molecule has 2 N–H and O–H groups in total. The largest absolute Gasteiger partial charge is 1.00 e. The molecule has 0 saturated heterocycles. The lowest BCUT2D eigenvalue weighted by atomic mass is 10.1. The molecule has 2 aliphatic heterocycles. The first-order valence-corrected chi connectivity index (χ1v) is 13.3. The highest BCUT2D eigenvalue weighted by atomic mass is 79.9. The molecule has 6 heteroatoms. The van der Waals surface area contributed by atoms with Gasteiger partial charge in [0.25, 0.3) is 0 Å². The quantitative estimate of drug-likeness (QED) is 0.230. The van der Waals surface area contributed by atoms with Gasteiger partial charge in [-0.1, -0.05) is 72.8 Å². The van der Waals surface area contributed by atoms with E-state index < -0.39 is 0 Å². The summed E-state index contributed by atoms with van der Waals surface area (Å²) in [7, 11) is 0. The summed E-state index contributed by atoms with van der Waals surface area (Å²) < 4.78 is 4.68. The minimum atomic E-state index is 0. The second kappa shape index (κ2) is 12.2. The number of rotatable bonds is 0. The van der Waals surface area contributed by atoms with Gasteiger partial charge in [0.05, 0.1) is 22.1 Å². The number of fused-ring (bicyclic) bond motifs is 6. The molecule has 0 atom stereocenters. The minimum absolute atomic E-state index is 0. The van der Waals surface area contributed by atoms with Crippen LogP contribution in [-0.2, 0) is 26.2 Å². The number of aromatic nitrogens is 2. The summed E-state index contributed by atoms with van der Waals surface area (Å²) in [6, 6.07) is 39.6. The van der Waals surface area contributed by atoms with Crippen LogP contribution in [0.2, 0.25) is 0 Å². The molecule has 0 aliphatic carbocycles. The number of anilines is 2. The number of nitrogens with zero attached hydrogens (tertiary/aromatic N) is 2. The molecular weight excluding hydrogens is 624 g/mol. The van der Waals surface area contributed by atoms with Crippen LogP contribution in [0.4, 0.5) is 11.4 Å². The first-order chi connectivity index (χ1) is 18.8. The first-order valence-electron chi connectivity index (χ1n) is 13.3. The zero-order valence-corrected chi connectivity index (χ0v) is 25.2. The number of nitrogens with one attached hydrogen (secondary N) is 2. The third-order valence-electron chi connectivity index (χ3n) is 7.54. The molecular formula is C34H30Br2N4. The molecule has 2 aromatic heterocycles. The van der Waals surface area contributed by atoms with Gasteiger partial charge in [-0.25, -0.2) is 0 Å². The summed E-state index contributed by atoms with van der Waals surface area (Å²) in [6.45, 7) is 3.22. The molecule has 200 valence electrons. The number of hydrogen-bond acceptors (Lipinski definition) is 2. The molecule has 2 aliphatic rings. The van der Waals surface area contributed by atoms with Gasteiger partial charge in [0.2, 0.25) is 11.0 Å². The smallest absolute Gasteiger partial charge is 0.214 e. The van der Waals surface area contributed by atoms with E-state index >= 15 is 0 Å². The van der Waals surface area contributed by atoms with Gasteiger partial charge in [0, 0.05) is 48.5 Å². The zero-order valence-electron chi connectivity index (χ0n) is 22.0. The van der Waals surface area contributed by atoms with Gasteiger partial charge in [-0.15, -0.1) is 0 Å². The van der Waals surface area contributed by atoms with E-state index in [9.17, 15) is 0 Å². The van der Waals surface area contributed by atoms with Crippen molar-refractivity contribution in [1.29, 1.82) is 0 Å². The molecule has 4 aromatic carbocycles. The van der Waals surface area contributed by atoms with Gasteiger partial charge >= 0.3 is 0 Å². The molecule has 40 heavy (non-hydrogen) atoms. The van der Waals surface area contributed by atoms with Crippen LogP contribution in [0.15, 0.2) is 122 Å². The maximum atomic E-state index is 3.70. The van der Waals surface area contributed by atoms with Crippen LogP contribution < -0.4 is 53.7 Å². The average molecular weight is 654 g/mol. The third kappa shape index (κ3) is 5.60. The second-order valence-electron chi connectivity index (χ2n) is 10.1. The van der Waals surface area contributed by atoms with Crippen molar-refractivity contribution in [2.75, 3.05) is 10.6 Å². The van der Waals surface area contributed by atoms with Crippen molar-refractivity contribution in [3.05, 3.63) is 144 Å². The maximum absolute atomic E-state index is 3.70. The van der Waals surface area contributed by atoms with Crippen molar-refractivity contribution in [1.82, 2.24) is 0 Å². The maximum Gasteiger partial charge on any atom is 0.214 e. The Morgan fingerprint density at radius 3 is 1.38 bits per heavy atom. The Balaban J connectivity index is 0.00000161. The van der Waals surface area contributed by atoms with Crippen LogP contribution in [-0.4, -0.2) is 0 Å². The third-order valence-corrected chi connectivity index (χ3v) is 7.54. The zero-order chi connectivity index (χ0) is 25.3. The molecule has 0 saturated carbocycles. The number of benzene rings is 4. The Labute approximate surface area is 255 Å². The highest BCUT2D eigenvalue weighted by molar-refractivity contribution is 5.89. The molecule has 0 fully saturated rings. The van der Waals surface area contributed by atoms with Gasteiger partial charge in [-0.2, -0.15) is 9.13 Å². The van der Waals surface area contributed by atoms with Crippen LogP contribution in [0.1, 0.15) is 22.3 Å². The van der Waals surface area contributed by atoms with Crippen molar-refractivity contribution >= 4 is 33.2 Å². The normalized spacial score (nSPS) is 12.6. The van der Waals surface area contributed by atoms with Crippen LogP contribution in [0.5, 0.6) is 0 Å². The average Bonchev–Trinajstić information content (AvgIpc) is 2.97. The summed E-state index contributed by atoms with van der Waals surface area (Å²) in [5.41, 5.74) is 9.90. The van der Waals surface area contributed by atoms with E-state index in [0.717, 1.165) is 37.6 Å². The summed E-state index contributed by atoms with van der Waals surface area (Å²) in [6.07, 6.45) is 4.40. The molecule has 0 amide bonds. The summed E-state index contributed by atoms with van der Waals surface area (Å²) >= 11 is 0. The van der Waals surface area contributed by atoms with E-state index in [1.807, 2.05) is 0 Å². The number of halogens is 2.